The summed E-state index contributed by atoms with van der Waals surface area (Å²) in [6.07, 6.45) is 3.31. The molecule has 0 heterocycles. The van der Waals surface area contributed by atoms with Gasteiger partial charge in [0.15, 0.2) is 0 Å². The average molecular weight is 365 g/mol. The maximum Gasteiger partial charge on any atom is 0.239 e. The van der Waals surface area contributed by atoms with Crippen LogP contribution in [0, 0.1) is 5.92 Å². The molecular formula is C20H36N4O2. The van der Waals surface area contributed by atoms with Gasteiger partial charge in [-0.05, 0) is 43.7 Å². The smallest absolute Gasteiger partial charge is 0.239 e. The van der Waals surface area contributed by atoms with E-state index >= 15 is 0 Å². The molecule has 0 aromatic heterocycles. The first-order chi connectivity index (χ1) is 12.4. The van der Waals surface area contributed by atoms with E-state index in [1.807, 2.05) is 6.07 Å². The summed E-state index contributed by atoms with van der Waals surface area (Å²) in [7, 11) is 0. The molecule has 1 aromatic carbocycles. The molecule has 1 atom stereocenters. The highest BCUT2D eigenvalue weighted by Crippen LogP contribution is 1.97. The van der Waals surface area contributed by atoms with Crippen molar-refractivity contribution in [2.75, 3.05) is 19.6 Å². The number of carbonyl (C=O) groups excluding carboxylic acids is 2. The molecule has 0 fully saturated rings. The molecule has 0 spiro atoms. The maximum atomic E-state index is 11.5. The monoisotopic (exact) mass is 364 g/mol. The number of benzene rings is 1. The highest BCUT2D eigenvalue weighted by atomic mass is 16.2. The Hall–Kier alpha value is -1.92. The van der Waals surface area contributed by atoms with E-state index in [0.717, 1.165) is 12.8 Å². The van der Waals surface area contributed by atoms with Gasteiger partial charge in [0, 0.05) is 6.54 Å². The summed E-state index contributed by atoms with van der Waals surface area (Å²) in [6, 6.07) is 9.87. The van der Waals surface area contributed by atoms with Gasteiger partial charge in [0.2, 0.25) is 11.8 Å². The lowest BCUT2D eigenvalue weighted by Gasteiger charge is -2.12. The van der Waals surface area contributed by atoms with E-state index in [2.05, 4.69) is 55.7 Å². The molecule has 0 saturated heterocycles. The second-order valence-electron chi connectivity index (χ2n) is 6.63. The van der Waals surface area contributed by atoms with E-state index in [1.165, 1.54) is 5.56 Å². The third-order valence-corrected chi connectivity index (χ3v) is 3.77. The SMILES string of the molecule is CC(C)CCNC(=O)CNC(=O)[C@@H](N)CCCN.CCc1ccccc1. The summed E-state index contributed by atoms with van der Waals surface area (Å²) < 4.78 is 0. The van der Waals surface area contributed by atoms with Gasteiger partial charge in [-0.3, -0.25) is 9.59 Å². The van der Waals surface area contributed by atoms with Crippen molar-refractivity contribution in [3.63, 3.8) is 0 Å². The number of carbonyl (C=O) groups is 2. The molecule has 2 amide bonds. The Morgan fingerprint density at radius 3 is 2.23 bits per heavy atom. The third-order valence-electron chi connectivity index (χ3n) is 3.77. The lowest BCUT2D eigenvalue weighted by molar-refractivity contribution is -0.126. The molecule has 0 aliphatic heterocycles. The van der Waals surface area contributed by atoms with Crippen LogP contribution in [0.5, 0.6) is 0 Å². The fourth-order valence-electron chi connectivity index (χ4n) is 2.04. The van der Waals surface area contributed by atoms with Crippen LogP contribution < -0.4 is 22.1 Å². The maximum absolute atomic E-state index is 11.5. The van der Waals surface area contributed by atoms with Crippen LogP contribution >= 0.6 is 0 Å². The summed E-state index contributed by atoms with van der Waals surface area (Å²) in [4.78, 5) is 22.9. The van der Waals surface area contributed by atoms with Gasteiger partial charge in [0.25, 0.3) is 0 Å². The molecule has 1 aromatic rings. The van der Waals surface area contributed by atoms with Gasteiger partial charge in [-0.2, -0.15) is 0 Å². The van der Waals surface area contributed by atoms with Crippen molar-refractivity contribution in [2.45, 2.75) is 52.5 Å². The Balaban J connectivity index is 0.000000642. The first-order valence-corrected chi connectivity index (χ1v) is 9.44. The van der Waals surface area contributed by atoms with Gasteiger partial charge in [0.1, 0.15) is 0 Å². The first-order valence-electron chi connectivity index (χ1n) is 9.44. The van der Waals surface area contributed by atoms with Crippen molar-refractivity contribution >= 4 is 11.8 Å². The zero-order chi connectivity index (χ0) is 19.8. The predicted octanol–water partition coefficient (Wildman–Crippen LogP) is 1.58. The van der Waals surface area contributed by atoms with Crippen molar-refractivity contribution in [1.82, 2.24) is 10.6 Å². The molecule has 0 radical (unpaired) electrons. The lowest BCUT2D eigenvalue weighted by Crippen LogP contribution is -2.45. The van der Waals surface area contributed by atoms with Crippen LogP contribution in [0.4, 0.5) is 0 Å². The minimum atomic E-state index is -0.586. The zero-order valence-corrected chi connectivity index (χ0v) is 16.5. The summed E-state index contributed by atoms with van der Waals surface area (Å²) in [5, 5.41) is 5.25. The fourth-order valence-corrected chi connectivity index (χ4v) is 2.04. The van der Waals surface area contributed by atoms with E-state index in [9.17, 15) is 9.59 Å². The highest BCUT2D eigenvalue weighted by Gasteiger charge is 2.13. The van der Waals surface area contributed by atoms with Gasteiger partial charge in [-0.25, -0.2) is 0 Å². The molecule has 0 bridgehead atoms. The van der Waals surface area contributed by atoms with Crippen molar-refractivity contribution < 1.29 is 9.59 Å². The number of hydrogen-bond acceptors (Lipinski definition) is 4. The van der Waals surface area contributed by atoms with E-state index in [1.54, 1.807) is 0 Å². The first kappa shape index (κ1) is 24.1. The summed E-state index contributed by atoms with van der Waals surface area (Å²) in [6.45, 7) is 7.46. The number of hydrogen-bond donors (Lipinski definition) is 4. The Morgan fingerprint density at radius 2 is 1.73 bits per heavy atom. The molecule has 0 aliphatic rings. The molecule has 148 valence electrons. The normalized spacial score (nSPS) is 11.3. The Morgan fingerprint density at radius 1 is 1.08 bits per heavy atom. The van der Waals surface area contributed by atoms with Gasteiger partial charge < -0.3 is 22.1 Å². The molecule has 0 saturated carbocycles. The van der Waals surface area contributed by atoms with Crippen molar-refractivity contribution in [2.24, 2.45) is 17.4 Å². The quantitative estimate of drug-likeness (QED) is 0.505. The third kappa shape index (κ3) is 13.4. The van der Waals surface area contributed by atoms with Gasteiger partial charge in [-0.15, -0.1) is 0 Å². The second kappa shape index (κ2) is 15.3. The summed E-state index contributed by atoms with van der Waals surface area (Å²) >= 11 is 0. The number of aryl methyl sites for hydroxylation is 1. The van der Waals surface area contributed by atoms with Gasteiger partial charge in [0.05, 0.1) is 12.6 Å². The van der Waals surface area contributed by atoms with Gasteiger partial charge >= 0.3 is 0 Å². The largest absolute Gasteiger partial charge is 0.355 e. The van der Waals surface area contributed by atoms with E-state index in [-0.39, 0.29) is 18.4 Å². The number of nitrogens with one attached hydrogen (secondary N) is 2. The Bertz CT molecular complexity index is 492. The molecule has 26 heavy (non-hydrogen) atoms. The molecule has 6 N–H and O–H groups in total. The molecule has 1 rings (SSSR count). The highest BCUT2D eigenvalue weighted by molar-refractivity contribution is 5.87. The fraction of sp³-hybridized carbons (Fsp3) is 0.600. The zero-order valence-electron chi connectivity index (χ0n) is 16.5. The lowest BCUT2D eigenvalue weighted by atomic mass is 10.1. The van der Waals surface area contributed by atoms with Crippen LogP contribution in [0.15, 0.2) is 30.3 Å². The van der Waals surface area contributed by atoms with Crippen molar-refractivity contribution in [3.05, 3.63) is 35.9 Å². The Kier molecular flexibility index (Phi) is 14.2. The summed E-state index contributed by atoms with van der Waals surface area (Å²) in [5.74, 6) is 0.0575. The topological polar surface area (TPSA) is 110 Å². The number of amides is 2. The van der Waals surface area contributed by atoms with E-state index in [4.69, 9.17) is 11.5 Å². The minimum Gasteiger partial charge on any atom is -0.355 e. The van der Waals surface area contributed by atoms with Crippen LogP contribution in [0.3, 0.4) is 0 Å². The molecule has 6 nitrogen and oxygen atoms in total. The second-order valence-corrected chi connectivity index (χ2v) is 6.63. The van der Waals surface area contributed by atoms with E-state index < -0.39 is 6.04 Å². The molecule has 0 unspecified atom stereocenters. The van der Waals surface area contributed by atoms with Crippen molar-refractivity contribution in [1.29, 1.82) is 0 Å². The van der Waals surface area contributed by atoms with Crippen LogP contribution in [0.2, 0.25) is 0 Å². The average Bonchev–Trinajstić information content (AvgIpc) is 2.65. The molecular weight excluding hydrogens is 328 g/mol. The van der Waals surface area contributed by atoms with Crippen LogP contribution in [0.1, 0.15) is 45.6 Å². The van der Waals surface area contributed by atoms with Crippen LogP contribution in [0.25, 0.3) is 0 Å². The standard InChI is InChI=1S/C12H26N4O2.C8H10/c1-9(2)5-7-15-11(17)8-16-12(18)10(14)4-3-6-13;1-2-8-6-4-3-5-7-8/h9-10H,3-8,13-14H2,1-2H3,(H,15,17)(H,16,18);3-7H,2H2,1H3/t10-;/m0./s1. The van der Waals surface area contributed by atoms with Crippen molar-refractivity contribution in [3.8, 4) is 0 Å². The number of nitrogens with two attached hydrogens (primary N) is 2. The molecule has 0 aliphatic carbocycles. The molecule has 6 heteroatoms. The predicted molar refractivity (Wildman–Crippen MR) is 108 cm³/mol. The van der Waals surface area contributed by atoms with Crippen LogP contribution in [-0.4, -0.2) is 37.5 Å². The number of rotatable bonds is 10. The summed E-state index contributed by atoms with van der Waals surface area (Å²) in [5.41, 5.74) is 12.4. The van der Waals surface area contributed by atoms with Crippen LogP contribution in [-0.2, 0) is 16.0 Å². The minimum absolute atomic E-state index is 0.0206. The Labute approximate surface area is 158 Å². The van der Waals surface area contributed by atoms with E-state index in [0.29, 0.717) is 31.8 Å². The van der Waals surface area contributed by atoms with Gasteiger partial charge in [-0.1, -0.05) is 51.1 Å².